The average Bonchev–Trinajstić information content (AvgIpc) is 2.87. The highest BCUT2D eigenvalue weighted by molar-refractivity contribution is 7.89. The lowest BCUT2D eigenvalue weighted by molar-refractivity contribution is -0.0156. The summed E-state index contributed by atoms with van der Waals surface area (Å²) in [7, 11) is -1.89. The minimum atomic E-state index is -3.83. The maximum atomic E-state index is 12.1. The van der Waals surface area contributed by atoms with Crippen molar-refractivity contribution < 1.29 is 23.1 Å². The molecule has 20 heavy (non-hydrogen) atoms. The van der Waals surface area contributed by atoms with Crippen molar-refractivity contribution in [2.24, 2.45) is 0 Å². The van der Waals surface area contributed by atoms with Gasteiger partial charge in [0.05, 0.1) is 12.7 Å². The van der Waals surface area contributed by atoms with Crippen LogP contribution in [0.1, 0.15) is 9.67 Å². The molecule has 112 valence electrons. The van der Waals surface area contributed by atoms with Gasteiger partial charge in [0.1, 0.15) is 9.77 Å². The molecular weight excluding hydrogens is 304 g/mol. The van der Waals surface area contributed by atoms with E-state index in [2.05, 4.69) is 9.62 Å². The normalized spacial score (nSPS) is 20.9. The van der Waals surface area contributed by atoms with Crippen LogP contribution in [0.15, 0.2) is 16.3 Å². The van der Waals surface area contributed by atoms with Crippen molar-refractivity contribution in [3.8, 4) is 0 Å². The van der Waals surface area contributed by atoms with Crippen molar-refractivity contribution in [3.63, 3.8) is 0 Å². The molecule has 1 aromatic rings. The van der Waals surface area contributed by atoms with Crippen LogP contribution in [0.3, 0.4) is 0 Å². The van der Waals surface area contributed by atoms with Crippen molar-refractivity contribution in [2.45, 2.75) is 11.0 Å². The fourth-order valence-electron chi connectivity index (χ4n) is 1.94. The fraction of sp³-hybridized carbons (Fsp3) is 0.545. The Labute approximate surface area is 121 Å². The summed E-state index contributed by atoms with van der Waals surface area (Å²) in [4.78, 5) is 12.6. The van der Waals surface area contributed by atoms with Gasteiger partial charge in [-0.1, -0.05) is 0 Å². The van der Waals surface area contributed by atoms with Gasteiger partial charge in [0, 0.05) is 19.6 Å². The topological polar surface area (TPSA) is 95.9 Å². The molecule has 0 amide bonds. The number of ether oxygens (including phenoxy) is 1. The maximum absolute atomic E-state index is 12.1. The molecule has 1 aromatic heterocycles. The number of carboxylic acids is 1. The second-order valence-electron chi connectivity index (χ2n) is 4.53. The van der Waals surface area contributed by atoms with E-state index in [9.17, 15) is 13.2 Å². The summed E-state index contributed by atoms with van der Waals surface area (Å²) in [5.74, 6) is -1.24. The van der Waals surface area contributed by atoms with Gasteiger partial charge >= 0.3 is 5.97 Å². The van der Waals surface area contributed by atoms with E-state index in [1.54, 1.807) is 0 Å². The molecule has 0 aromatic carbocycles. The van der Waals surface area contributed by atoms with Gasteiger partial charge in [0.15, 0.2) is 0 Å². The van der Waals surface area contributed by atoms with E-state index in [1.165, 1.54) is 11.4 Å². The second kappa shape index (κ2) is 6.19. The lowest BCUT2D eigenvalue weighted by Crippen LogP contribution is -2.45. The van der Waals surface area contributed by atoms with E-state index in [-0.39, 0.29) is 22.4 Å². The quantitative estimate of drug-likeness (QED) is 0.796. The van der Waals surface area contributed by atoms with Crippen LogP contribution >= 0.6 is 11.3 Å². The van der Waals surface area contributed by atoms with Crippen molar-refractivity contribution in [2.75, 3.05) is 33.3 Å². The molecule has 7 nitrogen and oxygen atoms in total. The molecule has 0 aliphatic carbocycles. The van der Waals surface area contributed by atoms with E-state index in [4.69, 9.17) is 9.84 Å². The number of hydrogen-bond acceptors (Lipinski definition) is 6. The van der Waals surface area contributed by atoms with Crippen LogP contribution in [0.25, 0.3) is 0 Å². The van der Waals surface area contributed by atoms with Crippen LogP contribution in [0.5, 0.6) is 0 Å². The Bertz CT molecular complexity index is 583. The van der Waals surface area contributed by atoms with Gasteiger partial charge in [-0.2, -0.15) is 0 Å². The Morgan fingerprint density at radius 3 is 3.05 bits per heavy atom. The highest BCUT2D eigenvalue weighted by Crippen LogP contribution is 2.21. The number of sulfonamides is 1. The highest BCUT2D eigenvalue weighted by atomic mass is 32.2. The number of carbonyl (C=O) groups is 1. The average molecular weight is 320 g/mol. The van der Waals surface area contributed by atoms with E-state index in [0.717, 1.165) is 17.9 Å². The lowest BCUT2D eigenvalue weighted by Gasteiger charge is -2.30. The van der Waals surface area contributed by atoms with Gasteiger partial charge in [-0.25, -0.2) is 17.9 Å². The maximum Gasteiger partial charge on any atom is 0.347 e. The smallest absolute Gasteiger partial charge is 0.347 e. The number of morpholine rings is 1. The van der Waals surface area contributed by atoms with Crippen LogP contribution < -0.4 is 4.72 Å². The van der Waals surface area contributed by atoms with Crippen molar-refractivity contribution in [1.29, 1.82) is 0 Å². The molecule has 1 aliphatic rings. The Kier molecular flexibility index (Phi) is 4.76. The molecule has 1 aliphatic heterocycles. The molecule has 9 heteroatoms. The number of rotatable bonds is 5. The molecule has 1 saturated heterocycles. The predicted molar refractivity (Wildman–Crippen MR) is 73.7 cm³/mol. The zero-order chi connectivity index (χ0) is 14.8. The van der Waals surface area contributed by atoms with Gasteiger partial charge in [-0.15, -0.1) is 11.3 Å². The minimum absolute atomic E-state index is 0.127. The zero-order valence-corrected chi connectivity index (χ0v) is 12.5. The summed E-state index contributed by atoms with van der Waals surface area (Å²) in [5, 5.41) is 10.4. The van der Waals surface area contributed by atoms with Crippen LogP contribution in [0, 0.1) is 0 Å². The van der Waals surface area contributed by atoms with Gasteiger partial charge in [-0.05, 0) is 18.5 Å². The third kappa shape index (κ3) is 3.55. The first kappa shape index (κ1) is 15.4. The summed E-state index contributed by atoms with van der Waals surface area (Å²) >= 11 is 0.888. The van der Waals surface area contributed by atoms with Gasteiger partial charge in [0.2, 0.25) is 10.0 Å². The van der Waals surface area contributed by atoms with Crippen molar-refractivity contribution in [1.82, 2.24) is 9.62 Å². The third-order valence-corrected chi connectivity index (χ3v) is 5.45. The molecule has 2 rings (SSSR count). The Morgan fingerprint density at radius 1 is 1.65 bits per heavy atom. The standard InChI is InChI=1S/C11H16N2O5S2/c1-13-3-4-18-8(7-13)6-12-20(16,17)9-2-5-19-10(9)11(14)15/h2,5,8,12H,3-4,6-7H2,1H3,(H,14,15). The minimum Gasteiger partial charge on any atom is -0.477 e. The fourth-order valence-corrected chi connectivity index (χ4v) is 4.26. The first-order valence-corrected chi connectivity index (χ1v) is 8.37. The lowest BCUT2D eigenvalue weighted by atomic mass is 10.3. The molecule has 0 spiro atoms. The molecule has 1 atom stereocenters. The number of nitrogens with one attached hydrogen (secondary N) is 1. The summed E-state index contributed by atoms with van der Waals surface area (Å²) in [6.45, 7) is 2.14. The zero-order valence-electron chi connectivity index (χ0n) is 10.9. The third-order valence-electron chi connectivity index (χ3n) is 2.96. The summed E-state index contributed by atoms with van der Waals surface area (Å²) in [5.41, 5.74) is 0. The molecular formula is C11H16N2O5S2. The van der Waals surface area contributed by atoms with Crippen LogP contribution in [-0.2, 0) is 14.8 Å². The number of hydrogen-bond donors (Lipinski definition) is 2. The Morgan fingerprint density at radius 2 is 2.40 bits per heavy atom. The molecule has 0 radical (unpaired) electrons. The number of likely N-dealkylation sites (N-methyl/N-ethyl adjacent to an activating group) is 1. The van der Waals surface area contributed by atoms with Crippen molar-refractivity contribution >= 4 is 27.3 Å². The van der Waals surface area contributed by atoms with Crippen molar-refractivity contribution in [3.05, 3.63) is 16.3 Å². The summed E-state index contributed by atoms with van der Waals surface area (Å²) in [6, 6.07) is 1.30. The Balaban J connectivity index is 2.04. The van der Waals surface area contributed by atoms with Crippen LogP contribution in [-0.4, -0.2) is 63.8 Å². The number of thiophene rings is 1. The second-order valence-corrected chi connectivity index (χ2v) is 7.18. The SMILES string of the molecule is CN1CCOC(CNS(=O)(=O)c2ccsc2C(=O)O)C1. The molecule has 1 unspecified atom stereocenters. The molecule has 1 fully saturated rings. The Hall–Kier alpha value is -1.00. The largest absolute Gasteiger partial charge is 0.477 e. The van der Waals surface area contributed by atoms with Crippen LogP contribution in [0.4, 0.5) is 0 Å². The van der Waals surface area contributed by atoms with E-state index < -0.39 is 16.0 Å². The van der Waals surface area contributed by atoms with E-state index in [1.807, 2.05) is 7.05 Å². The van der Waals surface area contributed by atoms with E-state index in [0.29, 0.717) is 13.2 Å². The number of carboxylic acid groups (broad SMARTS) is 1. The molecule has 2 heterocycles. The monoisotopic (exact) mass is 320 g/mol. The van der Waals surface area contributed by atoms with Gasteiger partial charge < -0.3 is 14.7 Å². The molecule has 0 saturated carbocycles. The van der Waals surface area contributed by atoms with E-state index >= 15 is 0 Å². The first-order chi connectivity index (χ1) is 9.40. The summed E-state index contributed by atoms with van der Waals surface area (Å²) < 4.78 is 32.1. The summed E-state index contributed by atoms with van der Waals surface area (Å²) in [6.07, 6.45) is -0.226. The number of aromatic carboxylic acids is 1. The van der Waals surface area contributed by atoms with Gasteiger partial charge in [-0.3, -0.25) is 0 Å². The van der Waals surface area contributed by atoms with Gasteiger partial charge in [0.25, 0.3) is 0 Å². The predicted octanol–water partition coefficient (Wildman–Crippen LogP) is 0.0552. The molecule has 0 bridgehead atoms. The molecule has 2 N–H and O–H groups in total. The number of nitrogens with zero attached hydrogens (tertiary/aromatic N) is 1. The van der Waals surface area contributed by atoms with Crippen LogP contribution in [0.2, 0.25) is 0 Å². The highest BCUT2D eigenvalue weighted by Gasteiger charge is 2.26. The first-order valence-electron chi connectivity index (χ1n) is 6.01.